The molecule has 0 bridgehead atoms. The molecule has 0 saturated heterocycles. The van der Waals surface area contributed by atoms with Crippen molar-refractivity contribution in [1.29, 1.82) is 5.26 Å². The van der Waals surface area contributed by atoms with E-state index in [1.165, 1.54) is 0 Å². The maximum atomic E-state index is 11.6. The van der Waals surface area contributed by atoms with Gasteiger partial charge in [-0.25, -0.2) is 0 Å². The van der Waals surface area contributed by atoms with Gasteiger partial charge in [-0.05, 0) is 37.1 Å². The summed E-state index contributed by atoms with van der Waals surface area (Å²) in [6, 6.07) is 10.6. The highest BCUT2D eigenvalue weighted by Crippen LogP contribution is 2.24. The Kier molecular flexibility index (Phi) is 5.15. The summed E-state index contributed by atoms with van der Waals surface area (Å²) in [7, 11) is 0. The first-order valence-electron chi connectivity index (χ1n) is 7.10. The zero-order chi connectivity index (χ0) is 16.8. The third-order valence-electron chi connectivity index (χ3n) is 3.33. The molecule has 0 radical (unpaired) electrons. The molecular formula is C17H16N2O4. The van der Waals surface area contributed by atoms with Crippen LogP contribution in [0.4, 0.5) is 0 Å². The zero-order valence-electron chi connectivity index (χ0n) is 12.6. The lowest BCUT2D eigenvalue weighted by atomic mass is 10.0. The molecule has 2 rings (SSSR count). The second-order valence-electron chi connectivity index (χ2n) is 5.03. The van der Waals surface area contributed by atoms with Crippen LogP contribution in [0, 0.1) is 18.3 Å². The van der Waals surface area contributed by atoms with E-state index in [9.17, 15) is 9.59 Å². The molecule has 6 nitrogen and oxygen atoms in total. The minimum Gasteiger partial charge on any atom is -0.494 e. The molecule has 0 fully saturated rings. The van der Waals surface area contributed by atoms with Gasteiger partial charge in [-0.3, -0.25) is 9.59 Å². The molecule has 0 aliphatic rings. The molecular weight excluding hydrogens is 296 g/mol. The molecule has 0 atom stereocenters. The molecule has 1 aromatic carbocycles. The Labute approximate surface area is 133 Å². The number of ether oxygens (including phenoxy) is 1. The molecule has 0 aliphatic heterocycles. The number of aryl methyl sites for hydroxylation is 1. The van der Waals surface area contributed by atoms with E-state index in [0.29, 0.717) is 24.5 Å². The molecule has 0 unspecified atom stereocenters. The van der Waals surface area contributed by atoms with Crippen molar-refractivity contribution < 1.29 is 14.6 Å². The number of benzene rings is 1. The highest BCUT2D eigenvalue weighted by Gasteiger charge is 2.08. The van der Waals surface area contributed by atoms with Crippen LogP contribution >= 0.6 is 0 Å². The van der Waals surface area contributed by atoms with E-state index < -0.39 is 11.5 Å². The van der Waals surface area contributed by atoms with Crippen molar-refractivity contribution in [3.8, 4) is 22.9 Å². The Hall–Kier alpha value is -3.07. The normalized spacial score (nSPS) is 10.1. The zero-order valence-corrected chi connectivity index (χ0v) is 12.6. The number of carboxylic acid groups (broad SMARTS) is 1. The van der Waals surface area contributed by atoms with Gasteiger partial charge in [-0.1, -0.05) is 12.1 Å². The average Bonchev–Trinajstić information content (AvgIpc) is 2.52. The fraction of sp³-hybridized carbons (Fsp3) is 0.235. The standard InChI is InChI=1S/C17H16N2O4/c1-11-15(9-13(10-18)17(22)19-11)12-4-6-14(7-5-12)23-8-2-3-16(20)21/h4-7,9H,2-3,8H2,1H3,(H,19,22)(H,20,21). The van der Waals surface area contributed by atoms with Crippen LogP contribution in [0.5, 0.6) is 5.75 Å². The van der Waals surface area contributed by atoms with E-state index in [0.717, 1.165) is 11.1 Å². The van der Waals surface area contributed by atoms with E-state index >= 15 is 0 Å². The molecule has 118 valence electrons. The summed E-state index contributed by atoms with van der Waals surface area (Å²) in [6.07, 6.45) is 0.521. The van der Waals surface area contributed by atoms with Gasteiger partial charge in [0.25, 0.3) is 5.56 Å². The molecule has 0 aliphatic carbocycles. The smallest absolute Gasteiger partial charge is 0.303 e. The van der Waals surface area contributed by atoms with Crippen molar-refractivity contribution in [1.82, 2.24) is 4.98 Å². The van der Waals surface area contributed by atoms with Crippen LogP contribution < -0.4 is 10.3 Å². The fourth-order valence-corrected chi connectivity index (χ4v) is 2.15. The van der Waals surface area contributed by atoms with E-state index in [1.54, 1.807) is 25.1 Å². The van der Waals surface area contributed by atoms with Gasteiger partial charge in [0, 0.05) is 17.7 Å². The number of hydrogen-bond acceptors (Lipinski definition) is 4. The number of nitrogens with one attached hydrogen (secondary N) is 1. The number of aromatic amines is 1. The third kappa shape index (κ3) is 4.20. The van der Waals surface area contributed by atoms with Crippen molar-refractivity contribution in [3.05, 3.63) is 51.9 Å². The van der Waals surface area contributed by atoms with Gasteiger partial charge in [0.05, 0.1) is 6.61 Å². The van der Waals surface area contributed by atoms with Crippen LogP contribution in [0.25, 0.3) is 11.1 Å². The molecule has 23 heavy (non-hydrogen) atoms. The van der Waals surface area contributed by atoms with Gasteiger partial charge >= 0.3 is 5.97 Å². The topological polar surface area (TPSA) is 103 Å². The molecule has 0 saturated carbocycles. The lowest BCUT2D eigenvalue weighted by Crippen LogP contribution is -2.11. The highest BCUT2D eigenvalue weighted by atomic mass is 16.5. The number of H-pyrrole nitrogens is 1. The molecule has 6 heteroatoms. The number of hydrogen-bond donors (Lipinski definition) is 2. The predicted octanol–water partition coefficient (Wildman–Crippen LogP) is 2.47. The minimum absolute atomic E-state index is 0.0691. The van der Waals surface area contributed by atoms with E-state index in [2.05, 4.69) is 4.98 Å². The van der Waals surface area contributed by atoms with Gasteiger partial charge in [0.1, 0.15) is 17.4 Å². The average molecular weight is 312 g/mol. The van der Waals surface area contributed by atoms with Crippen LogP contribution in [-0.4, -0.2) is 22.7 Å². The Morgan fingerprint density at radius 1 is 1.35 bits per heavy atom. The number of nitriles is 1. The van der Waals surface area contributed by atoms with Crippen LogP contribution in [0.15, 0.2) is 35.1 Å². The van der Waals surface area contributed by atoms with E-state index in [4.69, 9.17) is 15.1 Å². The monoisotopic (exact) mass is 312 g/mol. The van der Waals surface area contributed by atoms with E-state index in [-0.39, 0.29) is 12.0 Å². The Morgan fingerprint density at radius 3 is 2.65 bits per heavy atom. The predicted molar refractivity (Wildman–Crippen MR) is 84.3 cm³/mol. The third-order valence-corrected chi connectivity index (χ3v) is 3.33. The number of pyridine rings is 1. The molecule has 0 spiro atoms. The van der Waals surface area contributed by atoms with Crippen molar-refractivity contribution >= 4 is 5.97 Å². The summed E-state index contributed by atoms with van der Waals surface area (Å²) < 4.78 is 5.47. The Balaban J connectivity index is 2.12. The Bertz CT molecular complexity index is 801. The second kappa shape index (κ2) is 7.27. The number of rotatable bonds is 6. The molecule has 2 aromatic rings. The quantitative estimate of drug-likeness (QED) is 0.797. The largest absolute Gasteiger partial charge is 0.494 e. The van der Waals surface area contributed by atoms with E-state index in [1.807, 2.05) is 18.2 Å². The summed E-state index contributed by atoms with van der Waals surface area (Å²) >= 11 is 0. The highest BCUT2D eigenvalue weighted by molar-refractivity contribution is 5.68. The lowest BCUT2D eigenvalue weighted by Gasteiger charge is -2.09. The van der Waals surface area contributed by atoms with Crippen molar-refractivity contribution in [2.75, 3.05) is 6.61 Å². The minimum atomic E-state index is -0.842. The van der Waals surface area contributed by atoms with Gasteiger partial charge in [0.15, 0.2) is 0 Å². The summed E-state index contributed by atoms with van der Waals surface area (Å²) in [6.45, 7) is 2.11. The summed E-state index contributed by atoms with van der Waals surface area (Å²) in [5.41, 5.74) is 1.99. The number of nitrogens with zero attached hydrogens (tertiary/aromatic N) is 1. The number of aromatic nitrogens is 1. The molecule has 1 aromatic heterocycles. The van der Waals surface area contributed by atoms with Crippen LogP contribution in [0.3, 0.4) is 0 Å². The second-order valence-corrected chi connectivity index (χ2v) is 5.03. The van der Waals surface area contributed by atoms with Gasteiger partial charge < -0.3 is 14.8 Å². The van der Waals surface area contributed by atoms with Gasteiger partial charge in [-0.15, -0.1) is 0 Å². The van der Waals surface area contributed by atoms with Crippen LogP contribution in [-0.2, 0) is 4.79 Å². The summed E-state index contributed by atoms with van der Waals surface area (Å²) in [5.74, 6) is -0.201. The first kappa shape index (κ1) is 16.3. The number of carboxylic acids is 1. The molecule has 1 heterocycles. The van der Waals surface area contributed by atoms with Crippen LogP contribution in [0.1, 0.15) is 24.1 Å². The lowest BCUT2D eigenvalue weighted by molar-refractivity contribution is -0.137. The Morgan fingerprint density at radius 2 is 2.04 bits per heavy atom. The SMILES string of the molecule is Cc1[nH]c(=O)c(C#N)cc1-c1ccc(OCCCC(=O)O)cc1. The molecule has 0 amide bonds. The molecule has 2 N–H and O–H groups in total. The van der Waals surface area contributed by atoms with Gasteiger partial charge in [-0.2, -0.15) is 5.26 Å². The first-order valence-corrected chi connectivity index (χ1v) is 7.10. The fourth-order valence-electron chi connectivity index (χ4n) is 2.15. The van der Waals surface area contributed by atoms with Crippen molar-refractivity contribution in [2.45, 2.75) is 19.8 Å². The van der Waals surface area contributed by atoms with Crippen LogP contribution in [0.2, 0.25) is 0 Å². The maximum Gasteiger partial charge on any atom is 0.303 e. The van der Waals surface area contributed by atoms with Gasteiger partial charge in [0.2, 0.25) is 0 Å². The summed E-state index contributed by atoms with van der Waals surface area (Å²) in [4.78, 5) is 24.6. The van der Waals surface area contributed by atoms with Crippen molar-refractivity contribution in [2.24, 2.45) is 0 Å². The maximum absolute atomic E-state index is 11.6. The summed E-state index contributed by atoms with van der Waals surface area (Å²) in [5, 5.41) is 17.5. The number of carbonyl (C=O) groups is 1. The first-order chi connectivity index (χ1) is 11.0. The van der Waals surface area contributed by atoms with Crippen molar-refractivity contribution in [3.63, 3.8) is 0 Å². The number of aliphatic carboxylic acids is 1.